The first-order chi connectivity index (χ1) is 15.6. The van der Waals surface area contributed by atoms with Crippen LogP contribution < -0.4 is 10.2 Å². The number of aliphatic hydroxyl groups excluding tert-OH is 1. The third-order valence-electron chi connectivity index (χ3n) is 6.30. The summed E-state index contributed by atoms with van der Waals surface area (Å²) < 4.78 is 6.01. The molecule has 2 amide bonds. The van der Waals surface area contributed by atoms with E-state index in [0.717, 1.165) is 13.1 Å². The highest BCUT2D eigenvalue weighted by molar-refractivity contribution is 5.94. The van der Waals surface area contributed by atoms with Crippen LogP contribution in [0.5, 0.6) is 0 Å². The van der Waals surface area contributed by atoms with Crippen molar-refractivity contribution in [2.75, 3.05) is 37.7 Å². The topological polar surface area (TPSA) is 82.1 Å². The Balaban J connectivity index is 1.25. The molecule has 7 heteroatoms. The summed E-state index contributed by atoms with van der Waals surface area (Å²) in [4.78, 5) is 29.5. The molecule has 2 aromatic carbocycles. The van der Waals surface area contributed by atoms with Crippen LogP contribution in [0.3, 0.4) is 0 Å². The summed E-state index contributed by atoms with van der Waals surface area (Å²) in [5, 5.41) is 12.8. The van der Waals surface area contributed by atoms with Gasteiger partial charge in [0.2, 0.25) is 5.91 Å². The molecule has 2 aliphatic heterocycles. The number of amides is 2. The number of anilines is 1. The molecule has 0 bridgehead atoms. The first-order valence-corrected chi connectivity index (χ1v) is 11.3. The SMILES string of the molecule is O=C(N[C@H]1CC[C@@H](CC(=O)N2CCN(c3ccccc3)CC2)O[C@@H]1CO)c1ccccc1. The quantitative estimate of drug-likeness (QED) is 0.723. The molecule has 0 spiro atoms. The first-order valence-electron chi connectivity index (χ1n) is 11.3. The van der Waals surface area contributed by atoms with E-state index in [2.05, 4.69) is 22.3 Å². The molecule has 2 fully saturated rings. The number of rotatable bonds is 6. The molecule has 2 N–H and O–H groups in total. The minimum atomic E-state index is -0.510. The van der Waals surface area contributed by atoms with Crippen molar-refractivity contribution in [3.05, 3.63) is 66.2 Å². The fraction of sp³-hybridized carbons (Fsp3) is 0.440. The number of hydrogen-bond acceptors (Lipinski definition) is 5. The smallest absolute Gasteiger partial charge is 0.251 e. The van der Waals surface area contributed by atoms with E-state index in [1.54, 1.807) is 12.1 Å². The minimum absolute atomic E-state index is 0.0890. The molecule has 0 unspecified atom stereocenters. The predicted molar refractivity (Wildman–Crippen MR) is 123 cm³/mol. The van der Waals surface area contributed by atoms with Crippen molar-refractivity contribution in [3.8, 4) is 0 Å². The molecule has 0 aliphatic carbocycles. The molecule has 2 heterocycles. The van der Waals surface area contributed by atoms with E-state index in [4.69, 9.17) is 4.74 Å². The minimum Gasteiger partial charge on any atom is -0.394 e. The van der Waals surface area contributed by atoms with Gasteiger partial charge in [0.15, 0.2) is 0 Å². The molecule has 0 aromatic heterocycles. The molecule has 4 rings (SSSR count). The molecule has 0 saturated carbocycles. The van der Waals surface area contributed by atoms with Crippen LogP contribution >= 0.6 is 0 Å². The number of aliphatic hydroxyl groups is 1. The zero-order valence-electron chi connectivity index (χ0n) is 18.2. The van der Waals surface area contributed by atoms with Crippen molar-refractivity contribution in [3.63, 3.8) is 0 Å². The van der Waals surface area contributed by atoms with Gasteiger partial charge >= 0.3 is 0 Å². The van der Waals surface area contributed by atoms with E-state index >= 15 is 0 Å². The van der Waals surface area contributed by atoms with Crippen molar-refractivity contribution in [1.29, 1.82) is 0 Å². The fourth-order valence-electron chi connectivity index (χ4n) is 4.46. The van der Waals surface area contributed by atoms with Gasteiger partial charge in [-0.3, -0.25) is 9.59 Å². The van der Waals surface area contributed by atoms with Gasteiger partial charge in [0, 0.05) is 37.4 Å². The van der Waals surface area contributed by atoms with Crippen molar-refractivity contribution >= 4 is 17.5 Å². The van der Waals surface area contributed by atoms with Gasteiger partial charge in [-0.1, -0.05) is 36.4 Å². The second-order valence-corrected chi connectivity index (χ2v) is 8.41. The van der Waals surface area contributed by atoms with Gasteiger partial charge in [-0.05, 0) is 37.1 Å². The van der Waals surface area contributed by atoms with Crippen LogP contribution in [0.1, 0.15) is 29.6 Å². The van der Waals surface area contributed by atoms with Crippen molar-refractivity contribution in [2.45, 2.75) is 37.5 Å². The van der Waals surface area contributed by atoms with Crippen LogP contribution in [0, 0.1) is 0 Å². The Morgan fingerprint density at radius 1 is 0.938 bits per heavy atom. The molecule has 170 valence electrons. The summed E-state index contributed by atoms with van der Waals surface area (Å²) in [7, 11) is 0. The highest BCUT2D eigenvalue weighted by Crippen LogP contribution is 2.24. The number of ether oxygens (including phenoxy) is 1. The standard InChI is InChI=1S/C25H31N3O4/c29-18-23-22(26-25(31)19-7-3-1-4-8-19)12-11-21(32-23)17-24(30)28-15-13-27(14-16-28)20-9-5-2-6-10-20/h1-10,21-23,29H,11-18H2,(H,26,31)/t21-,22-,23+/m0/s1. The average Bonchev–Trinajstić information content (AvgIpc) is 2.86. The highest BCUT2D eigenvalue weighted by Gasteiger charge is 2.34. The first kappa shape index (κ1) is 22.3. The number of piperazine rings is 1. The van der Waals surface area contributed by atoms with E-state index in [-0.39, 0.29) is 30.6 Å². The zero-order chi connectivity index (χ0) is 22.3. The van der Waals surface area contributed by atoms with Gasteiger partial charge in [-0.25, -0.2) is 0 Å². The second-order valence-electron chi connectivity index (χ2n) is 8.41. The summed E-state index contributed by atoms with van der Waals surface area (Å²) in [6.45, 7) is 2.82. The van der Waals surface area contributed by atoms with Crippen LogP contribution in [0.25, 0.3) is 0 Å². The Labute approximate surface area is 189 Å². The number of carbonyl (C=O) groups is 2. The van der Waals surface area contributed by atoms with Crippen LogP contribution in [0.2, 0.25) is 0 Å². The Morgan fingerprint density at radius 3 is 2.25 bits per heavy atom. The van der Waals surface area contributed by atoms with Gasteiger partial charge in [-0.2, -0.15) is 0 Å². The fourth-order valence-corrected chi connectivity index (χ4v) is 4.46. The average molecular weight is 438 g/mol. The number of hydrogen-bond donors (Lipinski definition) is 2. The molecular weight excluding hydrogens is 406 g/mol. The van der Waals surface area contributed by atoms with E-state index in [1.165, 1.54) is 5.69 Å². The number of benzene rings is 2. The van der Waals surface area contributed by atoms with Gasteiger partial charge in [0.25, 0.3) is 5.91 Å². The van der Waals surface area contributed by atoms with Gasteiger partial charge in [-0.15, -0.1) is 0 Å². The van der Waals surface area contributed by atoms with Crippen molar-refractivity contribution in [1.82, 2.24) is 10.2 Å². The lowest BCUT2D eigenvalue weighted by Crippen LogP contribution is -2.52. The number of carbonyl (C=O) groups excluding carboxylic acids is 2. The number of nitrogens with one attached hydrogen (secondary N) is 1. The Bertz CT molecular complexity index is 885. The lowest BCUT2D eigenvalue weighted by atomic mass is 9.96. The molecule has 3 atom stereocenters. The van der Waals surface area contributed by atoms with E-state index in [0.29, 0.717) is 37.9 Å². The monoisotopic (exact) mass is 437 g/mol. The highest BCUT2D eigenvalue weighted by atomic mass is 16.5. The van der Waals surface area contributed by atoms with Crippen LogP contribution in [0.4, 0.5) is 5.69 Å². The Morgan fingerprint density at radius 2 is 1.59 bits per heavy atom. The predicted octanol–water partition coefficient (Wildman–Crippen LogP) is 2.06. The third-order valence-corrected chi connectivity index (χ3v) is 6.30. The number of para-hydroxylation sites is 1. The summed E-state index contributed by atoms with van der Waals surface area (Å²) in [5.41, 5.74) is 1.76. The lowest BCUT2D eigenvalue weighted by molar-refractivity contribution is -0.140. The second kappa shape index (κ2) is 10.6. The molecule has 7 nitrogen and oxygen atoms in total. The maximum Gasteiger partial charge on any atom is 0.251 e. The molecule has 2 aromatic rings. The lowest BCUT2D eigenvalue weighted by Gasteiger charge is -2.39. The largest absolute Gasteiger partial charge is 0.394 e. The maximum atomic E-state index is 12.8. The van der Waals surface area contributed by atoms with Gasteiger partial charge in [0.05, 0.1) is 25.2 Å². The molecule has 2 aliphatic rings. The molecule has 0 radical (unpaired) electrons. The van der Waals surface area contributed by atoms with Crippen LogP contribution in [0.15, 0.2) is 60.7 Å². The van der Waals surface area contributed by atoms with Gasteiger partial charge in [0.1, 0.15) is 6.10 Å². The van der Waals surface area contributed by atoms with Crippen molar-refractivity contribution < 1.29 is 19.4 Å². The van der Waals surface area contributed by atoms with Crippen LogP contribution in [-0.4, -0.2) is 72.9 Å². The molecule has 32 heavy (non-hydrogen) atoms. The summed E-state index contributed by atoms with van der Waals surface area (Å²) in [6.07, 6.45) is 0.900. The maximum absolute atomic E-state index is 12.8. The van der Waals surface area contributed by atoms with Crippen LogP contribution in [-0.2, 0) is 9.53 Å². The normalized spacial score (nSPS) is 23.6. The van der Waals surface area contributed by atoms with E-state index in [1.807, 2.05) is 41.3 Å². The van der Waals surface area contributed by atoms with Crippen molar-refractivity contribution in [2.24, 2.45) is 0 Å². The number of nitrogens with zero attached hydrogens (tertiary/aromatic N) is 2. The molecule has 2 saturated heterocycles. The van der Waals surface area contributed by atoms with E-state index in [9.17, 15) is 14.7 Å². The summed E-state index contributed by atoms with van der Waals surface area (Å²) in [6, 6.07) is 19.0. The summed E-state index contributed by atoms with van der Waals surface area (Å²) in [5.74, 6) is -0.0883. The summed E-state index contributed by atoms with van der Waals surface area (Å²) >= 11 is 0. The van der Waals surface area contributed by atoms with Gasteiger partial charge < -0.3 is 25.0 Å². The molecular formula is C25H31N3O4. The van der Waals surface area contributed by atoms with E-state index < -0.39 is 6.10 Å². The third kappa shape index (κ3) is 5.47. The zero-order valence-corrected chi connectivity index (χ0v) is 18.2. The Hall–Kier alpha value is -2.90. The Kier molecular flexibility index (Phi) is 7.39.